The van der Waals surface area contributed by atoms with E-state index in [1.165, 1.54) is 55.2 Å². The predicted molar refractivity (Wildman–Crippen MR) is 98.1 cm³/mol. The highest BCUT2D eigenvalue weighted by atomic mass is 16.3. The minimum atomic E-state index is 0.335. The van der Waals surface area contributed by atoms with Crippen LogP contribution in [0.25, 0.3) is 11.1 Å². The summed E-state index contributed by atoms with van der Waals surface area (Å²) in [6, 6.07) is 14.8. The summed E-state index contributed by atoms with van der Waals surface area (Å²) in [6.07, 6.45) is 8.79. The summed E-state index contributed by atoms with van der Waals surface area (Å²) in [4.78, 5) is 0. The molecule has 4 bridgehead atoms. The van der Waals surface area contributed by atoms with Crippen LogP contribution in [0.1, 0.15) is 49.7 Å². The maximum absolute atomic E-state index is 9.51. The van der Waals surface area contributed by atoms with Crippen molar-refractivity contribution in [3.8, 4) is 16.9 Å². The van der Waals surface area contributed by atoms with E-state index in [-0.39, 0.29) is 0 Å². The van der Waals surface area contributed by atoms with Crippen molar-refractivity contribution in [1.29, 1.82) is 0 Å². The molecule has 0 spiro atoms. The molecular weight excluding hydrogens is 292 g/mol. The van der Waals surface area contributed by atoms with Crippen molar-refractivity contribution in [3.63, 3.8) is 0 Å². The van der Waals surface area contributed by atoms with Crippen molar-refractivity contribution in [2.45, 2.75) is 50.9 Å². The number of aryl methyl sites for hydroxylation is 1. The Morgan fingerprint density at radius 3 is 1.96 bits per heavy atom. The van der Waals surface area contributed by atoms with Gasteiger partial charge in [0.2, 0.25) is 0 Å². The molecule has 0 atom stereocenters. The number of hydrogen-bond donors (Lipinski definition) is 1. The maximum Gasteiger partial charge on any atom is 0.115 e. The van der Waals surface area contributed by atoms with Crippen LogP contribution in [0.5, 0.6) is 5.75 Å². The lowest BCUT2D eigenvalue weighted by Crippen LogP contribution is -2.48. The molecule has 1 N–H and O–H groups in total. The monoisotopic (exact) mass is 318 g/mol. The van der Waals surface area contributed by atoms with Gasteiger partial charge in [-0.15, -0.1) is 0 Å². The highest BCUT2D eigenvalue weighted by Gasteiger charge is 2.51. The molecule has 0 unspecified atom stereocenters. The van der Waals surface area contributed by atoms with Gasteiger partial charge in [0.25, 0.3) is 0 Å². The van der Waals surface area contributed by atoms with Crippen LogP contribution >= 0.6 is 0 Å². The lowest BCUT2D eigenvalue weighted by atomic mass is 9.48. The molecular formula is C23H26O. The largest absolute Gasteiger partial charge is 0.508 e. The average Bonchev–Trinajstić information content (AvgIpc) is 2.54. The minimum Gasteiger partial charge on any atom is -0.508 e. The topological polar surface area (TPSA) is 20.2 Å². The molecule has 2 aromatic carbocycles. The molecule has 24 heavy (non-hydrogen) atoms. The van der Waals surface area contributed by atoms with Crippen molar-refractivity contribution >= 4 is 0 Å². The summed E-state index contributed by atoms with van der Waals surface area (Å²) in [5.74, 6) is 3.32. The summed E-state index contributed by atoms with van der Waals surface area (Å²) in [5.41, 5.74) is 5.94. The van der Waals surface area contributed by atoms with Crippen molar-refractivity contribution in [1.82, 2.24) is 0 Å². The Labute approximate surface area is 144 Å². The molecule has 4 aliphatic rings. The average molecular weight is 318 g/mol. The van der Waals surface area contributed by atoms with E-state index in [2.05, 4.69) is 25.1 Å². The highest BCUT2D eigenvalue weighted by molar-refractivity contribution is 5.68. The summed E-state index contributed by atoms with van der Waals surface area (Å²) in [7, 11) is 0. The Morgan fingerprint density at radius 1 is 0.833 bits per heavy atom. The first-order chi connectivity index (χ1) is 11.6. The van der Waals surface area contributed by atoms with E-state index < -0.39 is 0 Å². The third-order valence-corrected chi connectivity index (χ3v) is 7.06. The van der Waals surface area contributed by atoms with Gasteiger partial charge in [0.15, 0.2) is 0 Å². The van der Waals surface area contributed by atoms with Crippen LogP contribution < -0.4 is 0 Å². The van der Waals surface area contributed by atoms with E-state index in [0.717, 1.165) is 17.8 Å². The molecule has 4 fully saturated rings. The van der Waals surface area contributed by atoms with E-state index in [1.807, 2.05) is 12.1 Å². The smallest absolute Gasteiger partial charge is 0.115 e. The summed E-state index contributed by atoms with van der Waals surface area (Å²) < 4.78 is 0. The fraction of sp³-hybridized carbons (Fsp3) is 0.478. The zero-order valence-electron chi connectivity index (χ0n) is 14.5. The first-order valence-electron chi connectivity index (χ1n) is 9.52. The Kier molecular flexibility index (Phi) is 3.11. The number of rotatable bonds is 2. The molecule has 1 nitrogen and oxygen atoms in total. The standard InChI is InChI=1S/C23H26O/c1-15-8-20(4-7-22(15)19-2-5-21(24)6-3-19)23-12-16-9-17(13-23)11-18(10-16)14-23/h2-8,16-18,24H,9-14H2,1H3. The molecule has 0 aromatic heterocycles. The first kappa shape index (κ1) is 14.6. The molecule has 0 aliphatic heterocycles. The van der Waals surface area contributed by atoms with Crippen LogP contribution in [0.2, 0.25) is 0 Å². The fourth-order valence-electron chi connectivity index (χ4n) is 6.42. The second-order valence-corrected chi connectivity index (χ2v) is 8.77. The molecule has 6 rings (SSSR count). The quantitative estimate of drug-likeness (QED) is 0.738. The van der Waals surface area contributed by atoms with Crippen LogP contribution in [0.4, 0.5) is 0 Å². The van der Waals surface area contributed by atoms with Gasteiger partial charge in [-0.05, 0) is 103 Å². The summed E-state index contributed by atoms with van der Waals surface area (Å²) in [5, 5.41) is 9.51. The van der Waals surface area contributed by atoms with Gasteiger partial charge in [0.1, 0.15) is 5.75 Å². The summed E-state index contributed by atoms with van der Waals surface area (Å²) >= 11 is 0. The van der Waals surface area contributed by atoms with E-state index in [9.17, 15) is 5.11 Å². The lowest BCUT2D eigenvalue weighted by molar-refractivity contribution is -0.00520. The molecule has 0 heterocycles. The second-order valence-electron chi connectivity index (χ2n) is 8.77. The van der Waals surface area contributed by atoms with Crippen LogP contribution in [0, 0.1) is 24.7 Å². The molecule has 0 radical (unpaired) electrons. The highest BCUT2D eigenvalue weighted by Crippen LogP contribution is 2.60. The number of benzene rings is 2. The zero-order chi connectivity index (χ0) is 16.3. The number of phenolic OH excluding ortho intramolecular Hbond substituents is 1. The number of phenols is 1. The van der Waals surface area contributed by atoms with Gasteiger partial charge in [-0.2, -0.15) is 0 Å². The van der Waals surface area contributed by atoms with Crippen LogP contribution in [0.3, 0.4) is 0 Å². The summed E-state index contributed by atoms with van der Waals surface area (Å²) in [6.45, 7) is 2.24. The van der Waals surface area contributed by atoms with E-state index in [1.54, 1.807) is 17.7 Å². The maximum atomic E-state index is 9.51. The number of aromatic hydroxyl groups is 1. The van der Waals surface area contributed by atoms with E-state index in [4.69, 9.17) is 0 Å². The van der Waals surface area contributed by atoms with Gasteiger partial charge >= 0.3 is 0 Å². The Morgan fingerprint density at radius 2 is 1.42 bits per heavy atom. The molecule has 4 saturated carbocycles. The molecule has 0 amide bonds. The molecule has 124 valence electrons. The first-order valence-corrected chi connectivity index (χ1v) is 9.52. The molecule has 1 heteroatoms. The molecule has 4 aliphatic carbocycles. The van der Waals surface area contributed by atoms with Crippen LogP contribution in [-0.2, 0) is 5.41 Å². The van der Waals surface area contributed by atoms with Crippen molar-refractivity contribution in [2.24, 2.45) is 17.8 Å². The lowest BCUT2D eigenvalue weighted by Gasteiger charge is -2.57. The second kappa shape index (κ2) is 5.12. The van der Waals surface area contributed by atoms with Gasteiger partial charge < -0.3 is 5.11 Å². The van der Waals surface area contributed by atoms with Crippen molar-refractivity contribution in [3.05, 3.63) is 53.6 Å². The Bertz CT molecular complexity index is 736. The van der Waals surface area contributed by atoms with Gasteiger partial charge in [-0.25, -0.2) is 0 Å². The molecule has 2 aromatic rings. The van der Waals surface area contributed by atoms with Crippen molar-refractivity contribution < 1.29 is 5.11 Å². The van der Waals surface area contributed by atoms with Gasteiger partial charge in [0.05, 0.1) is 0 Å². The third kappa shape index (κ3) is 2.21. The van der Waals surface area contributed by atoms with E-state index >= 15 is 0 Å². The zero-order valence-corrected chi connectivity index (χ0v) is 14.5. The van der Waals surface area contributed by atoms with Crippen molar-refractivity contribution in [2.75, 3.05) is 0 Å². The fourth-order valence-corrected chi connectivity index (χ4v) is 6.42. The van der Waals surface area contributed by atoms with Crippen LogP contribution in [-0.4, -0.2) is 5.11 Å². The third-order valence-electron chi connectivity index (χ3n) is 7.06. The Balaban J connectivity index is 1.52. The van der Waals surface area contributed by atoms with Gasteiger partial charge in [0, 0.05) is 0 Å². The Hall–Kier alpha value is -1.76. The predicted octanol–water partition coefficient (Wildman–Crippen LogP) is 5.84. The minimum absolute atomic E-state index is 0.335. The SMILES string of the molecule is Cc1cc(C23CC4CC(CC(C4)C2)C3)ccc1-c1ccc(O)cc1. The molecule has 0 saturated heterocycles. The number of hydrogen-bond acceptors (Lipinski definition) is 1. The van der Waals surface area contributed by atoms with Gasteiger partial charge in [-0.1, -0.05) is 30.3 Å². The van der Waals surface area contributed by atoms with E-state index in [0.29, 0.717) is 11.2 Å². The van der Waals surface area contributed by atoms with Crippen LogP contribution in [0.15, 0.2) is 42.5 Å². The normalized spacial score (nSPS) is 33.8. The van der Waals surface area contributed by atoms with Gasteiger partial charge in [-0.3, -0.25) is 0 Å².